The van der Waals surface area contributed by atoms with E-state index < -0.39 is 6.04 Å². The smallest absolute Gasteiger partial charge is 0.245 e. The van der Waals surface area contributed by atoms with Gasteiger partial charge in [0.15, 0.2) is 0 Å². The molecule has 2 atom stereocenters. The maximum atomic E-state index is 12.8. The molecule has 1 heterocycles. The van der Waals surface area contributed by atoms with E-state index in [4.69, 9.17) is 0 Å². The van der Waals surface area contributed by atoms with Crippen molar-refractivity contribution < 1.29 is 4.79 Å². The number of rotatable bonds is 6. The number of carbonyl (C=O) groups is 1. The number of nitrogens with zero attached hydrogens (tertiary/aromatic N) is 4. The van der Waals surface area contributed by atoms with Gasteiger partial charge in [0, 0.05) is 6.42 Å². The Morgan fingerprint density at radius 1 is 1.08 bits per heavy atom. The molecular formula is C18H19N5O. The molecule has 3 aromatic rings. The molecule has 0 radical (unpaired) electrons. The first kappa shape index (κ1) is 15.9. The van der Waals surface area contributed by atoms with Gasteiger partial charge in [0.1, 0.15) is 12.4 Å². The molecule has 0 aliphatic heterocycles. The van der Waals surface area contributed by atoms with Gasteiger partial charge in [0.05, 0.1) is 6.04 Å². The van der Waals surface area contributed by atoms with Crippen LogP contribution in [0.2, 0.25) is 0 Å². The molecule has 0 spiro atoms. The predicted octanol–water partition coefficient (Wildman–Crippen LogP) is 2.33. The molecule has 0 aliphatic rings. The predicted molar refractivity (Wildman–Crippen MR) is 90.0 cm³/mol. The topological polar surface area (TPSA) is 72.7 Å². The summed E-state index contributed by atoms with van der Waals surface area (Å²) in [5.41, 5.74) is 2.11. The lowest BCUT2D eigenvalue weighted by Crippen LogP contribution is -2.35. The van der Waals surface area contributed by atoms with E-state index in [0.29, 0.717) is 6.42 Å². The average Bonchev–Trinajstić information content (AvgIpc) is 3.15. The highest BCUT2D eigenvalue weighted by Crippen LogP contribution is 2.17. The fraction of sp³-hybridized carbons (Fsp3) is 0.222. The van der Waals surface area contributed by atoms with E-state index in [1.807, 2.05) is 67.6 Å². The number of aromatic nitrogens is 4. The van der Waals surface area contributed by atoms with E-state index in [0.717, 1.165) is 11.1 Å². The number of carbonyl (C=O) groups excluding carboxylic acids is 1. The van der Waals surface area contributed by atoms with Crippen molar-refractivity contribution in [2.45, 2.75) is 25.4 Å². The van der Waals surface area contributed by atoms with Crippen LogP contribution in [0.25, 0.3) is 0 Å². The van der Waals surface area contributed by atoms with Crippen LogP contribution in [0.4, 0.5) is 0 Å². The highest BCUT2D eigenvalue weighted by atomic mass is 16.2. The van der Waals surface area contributed by atoms with Gasteiger partial charge in [0.25, 0.3) is 0 Å². The fourth-order valence-electron chi connectivity index (χ4n) is 2.59. The Balaban J connectivity index is 1.76. The van der Waals surface area contributed by atoms with Gasteiger partial charge in [-0.1, -0.05) is 60.7 Å². The summed E-state index contributed by atoms with van der Waals surface area (Å²) in [4.78, 5) is 12.8. The molecule has 1 N–H and O–H groups in total. The summed E-state index contributed by atoms with van der Waals surface area (Å²) < 4.78 is 1.50. The van der Waals surface area contributed by atoms with Crippen molar-refractivity contribution in [3.05, 3.63) is 78.1 Å². The van der Waals surface area contributed by atoms with Crippen LogP contribution in [0.5, 0.6) is 0 Å². The Labute approximate surface area is 140 Å². The molecule has 0 saturated heterocycles. The largest absolute Gasteiger partial charge is 0.348 e. The standard InChI is InChI=1S/C18H19N5O/c1-14(16-10-6-3-7-11-16)20-18(24)17(23-13-19-21-22-23)12-15-8-4-2-5-9-15/h2-11,13-14,17H,12H2,1H3,(H,20,24). The van der Waals surface area contributed by atoms with Crippen molar-refractivity contribution in [2.75, 3.05) is 0 Å². The average molecular weight is 321 g/mol. The molecule has 0 aliphatic carbocycles. The molecule has 2 aromatic carbocycles. The highest BCUT2D eigenvalue weighted by molar-refractivity contribution is 5.80. The molecular weight excluding hydrogens is 302 g/mol. The van der Waals surface area contributed by atoms with Crippen molar-refractivity contribution in [3.63, 3.8) is 0 Å². The first-order valence-corrected chi connectivity index (χ1v) is 7.86. The summed E-state index contributed by atoms with van der Waals surface area (Å²) in [6, 6.07) is 19.1. The monoisotopic (exact) mass is 321 g/mol. The van der Waals surface area contributed by atoms with Gasteiger partial charge in [-0.2, -0.15) is 0 Å². The summed E-state index contributed by atoms with van der Waals surface area (Å²) in [6.45, 7) is 1.96. The zero-order chi connectivity index (χ0) is 16.8. The Morgan fingerprint density at radius 3 is 2.38 bits per heavy atom. The first-order valence-electron chi connectivity index (χ1n) is 7.86. The first-order chi connectivity index (χ1) is 11.7. The van der Waals surface area contributed by atoms with Crippen LogP contribution in [0.1, 0.15) is 30.1 Å². The van der Waals surface area contributed by atoms with Crippen LogP contribution in [-0.2, 0) is 11.2 Å². The lowest BCUT2D eigenvalue weighted by molar-refractivity contribution is -0.125. The number of hydrogen-bond donors (Lipinski definition) is 1. The Bertz CT molecular complexity index is 759. The van der Waals surface area contributed by atoms with Gasteiger partial charge in [-0.15, -0.1) is 5.10 Å². The quantitative estimate of drug-likeness (QED) is 0.756. The summed E-state index contributed by atoms with van der Waals surface area (Å²) >= 11 is 0. The van der Waals surface area contributed by atoms with Crippen LogP contribution < -0.4 is 5.32 Å². The third-order valence-corrected chi connectivity index (χ3v) is 3.92. The number of hydrogen-bond acceptors (Lipinski definition) is 4. The van der Waals surface area contributed by atoms with E-state index in [9.17, 15) is 4.79 Å². The van der Waals surface area contributed by atoms with E-state index in [2.05, 4.69) is 20.8 Å². The minimum Gasteiger partial charge on any atom is -0.348 e. The lowest BCUT2D eigenvalue weighted by Gasteiger charge is -2.20. The molecule has 122 valence electrons. The van der Waals surface area contributed by atoms with Crippen molar-refractivity contribution in [2.24, 2.45) is 0 Å². The molecule has 1 aromatic heterocycles. The highest BCUT2D eigenvalue weighted by Gasteiger charge is 2.23. The Morgan fingerprint density at radius 2 is 1.75 bits per heavy atom. The Kier molecular flexibility index (Phi) is 4.96. The second-order valence-electron chi connectivity index (χ2n) is 5.64. The van der Waals surface area contributed by atoms with Crippen molar-refractivity contribution in [1.82, 2.24) is 25.5 Å². The number of benzene rings is 2. The molecule has 0 fully saturated rings. The molecule has 24 heavy (non-hydrogen) atoms. The maximum absolute atomic E-state index is 12.8. The van der Waals surface area contributed by atoms with E-state index >= 15 is 0 Å². The minimum atomic E-state index is -0.492. The summed E-state index contributed by atoms with van der Waals surface area (Å²) in [5.74, 6) is -0.109. The normalized spacial score (nSPS) is 13.2. The zero-order valence-corrected chi connectivity index (χ0v) is 13.4. The van der Waals surface area contributed by atoms with Gasteiger partial charge in [-0.05, 0) is 28.5 Å². The summed E-state index contributed by atoms with van der Waals surface area (Å²) in [7, 11) is 0. The van der Waals surface area contributed by atoms with Crippen LogP contribution in [0.15, 0.2) is 67.0 Å². The third-order valence-electron chi connectivity index (χ3n) is 3.92. The van der Waals surface area contributed by atoms with Gasteiger partial charge in [-0.25, -0.2) is 4.68 Å². The van der Waals surface area contributed by atoms with E-state index in [1.165, 1.54) is 11.0 Å². The Hall–Kier alpha value is -3.02. The maximum Gasteiger partial charge on any atom is 0.245 e. The second kappa shape index (κ2) is 7.50. The van der Waals surface area contributed by atoms with E-state index in [-0.39, 0.29) is 11.9 Å². The number of nitrogens with one attached hydrogen (secondary N) is 1. The van der Waals surface area contributed by atoms with Crippen molar-refractivity contribution >= 4 is 5.91 Å². The van der Waals surface area contributed by atoms with Crippen LogP contribution in [0.3, 0.4) is 0 Å². The molecule has 3 rings (SSSR count). The number of amides is 1. The van der Waals surface area contributed by atoms with Gasteiger partial charge in [0.2, 0.25) is 5.91 Å². The zero-order valence-electron chi connectivity index (χ0n) is 13.4. The van der Waals surface area contributed by atoms with Gasteiger partial charge >= 0.3 is 0 Å². The molecule has 0 saturated carbocycles. The van der Waals surface area contributed by atoms with Gasteiger partial charge in [-0.3, -0.25) is 4.79 Å². The fourth-order valence-corrected chi connectivity index (χ4v) is 2.59. The summed E-state index contributed by atoms with van der Waals surface area (Å²) in [6.07, 6.45) is 2.00. The minimum absolute atomic E-state index is 0.0894. The molecule has 6 heteroatoms. The second-order valence-corrected chi connectivity index (χ2v) is 5.64. The number of tetrazole rings is 1. The van der Waals surface area contributed by atoms with E-state index in [1.54, 1.807) is 0 Å². The van der Waals surface area contributed by atoms with Crippen molar-refractivity contribution in [1.29, 1.82) is 0 Å². The van der Waals surface area contributed by atoms with Crippen LogP contribution in [0, 0.1) is 0 Å². The molecule has 0 bridgehead atoms. The SMILES string of the molecule is CC(NC(=O)C(Cc1ccccc1)n1cnnn1)c1ccccc1. The van der Waals surface area contributed by atoms with Crippen LogP contribution in [-0.4, -0.2) is 26.1 Å². The third kappa shape index (κ3) is 3.84. The molecule has 1 amide bonds. The summed E-state index contributed by atoms with van der Waals surface area (Å²) in [5, 5.41) is 14.3. The van der Waals surface area contributed by atoms with Crippen molar-refractivity contribution in [3.8, 4) is 0 Å². The lowest BCUT2D eigenvalue weighted by atomic mass is 10.0. The van der Waals surface area contributed by atoms with Crippen LogP contribution >= 0.6 is 0 Å². The van der Waals surface area contributed by atoms with Gasteiger partial charge < -0.3 is 5.32 Å². The molecule has 6 nitrogen and oxygen atoms in total. The molecule has 2 unspecified atom stereocenters.